The lowest BCUT2D eigenvalue weighted by molar-refractivity contribution is -0.142. The van der Waals surface area contributed by atoms with Gasteiger partial charge in [0.15, 0.2) is 0 Å². The molecule has 0 saturated carbocycles. The average molecular weight is 430 g/mol. The molecule has 0 fully saturated rings. The summed E-state index contributed by atoms with van der Waals surface area (Å²) in [6, 6.07) is 14.6. The number of halogens is 1. The normalized spacial score (nSPS) is 15.7. The first-order chi connectivity index (χ1) is 14.4. The Morgan fingerprint density at radius 2 is 1.97 bits per heavy atom. The molecule has 8 heteroatoms. The second-order valence-electron chi connectivity index (χ2n) is 6.94. The molecule has 1 unspecified atom stereocenters. The van der Waals surface area contributed by atoms with Crippen molar-refractivity contribution in [1.82, 2.24) is 9.91 Å². The van der Waals surface area contributed by atoms with Gasteiger partial charge in [0.1, 0.15) is 18.9 Å². The maximum absolute atomic E-state index is 13.1. The minimum Gasteiger partial charge on any atom is -0.497 e. The van der Waals surface area contributed by atoms with Crippen LogP contribution in [0.2, 0.25) is 5.02 Å². The number of hydrogen-bond donors (Lipinski definition) is 0. The Morgan fingerprint density at radius 1 is 1.20 bits per heavy atom. The molecule has 0 saturated heterocycles. The van der Waals surface area contributed by atoms with Gasteiger partial charge >= 0.3 is 0 Å². The van der Waals surface area contributed by atoms with E-state index in [9.17, 15) is 9.59 Å². The zero-order chi connectivity index (χ0) is 21.7. The van der Waals surface area contributed by atoms with E-state index >= 15 is 0 Å². The summed E-state index contributed by atoms with van der Waals surface area (Å²) in [4.78, 5) is 26.4. The van der Waals surface area contributed by atoms with Crippen LogP contribution in [0.15, 0.2) is 53.6 Å². The highest BCUT2D eigenvalue weighted by molar-refractivity contribution is 6.31. The first-order valence-electron chi connectivity index (χ1n) is 9.46. The van der Waals surface area contributed by atoms with Gasteiger partial charge < -0.3 is 14.4 Å². The Morgan fingerprint density at radius 3 is 2.67 bits per heavy atom. The average Bonchev–Trinajstić information content (AvgIpc) is 3.19. The van der Waals surface area contributed by atoms with E-state index in [1.54, 1.807) is 20.2 Å². The van der Waals surface area contributed by atoms with Crippen molar-refractivity contribution in [2.75, 3.05) is 34.4 Å². The number of amides is 2. The fourth-order valence-electron chi connectivity index (χ4n) is 3.30. The fourth-order valence-corrected chi connectivity index (χ4v) is 3.56. The van der Waals surface area contributed by atoms with Gasteiger partial charge in [-0.05, 0) is 23.8 Å². The van der Waals surface area contributed by atoms with Crippen LogP contribution in [-0.2, 0) is 14.3 Å². The molecular weight excluding hydrogens is 406 g/mol. The lowest BCUT2D eigenvalue weighted by atomic mass is 9.98. The highest BCUT2D eigenvalue weighted by Gasteiger charge is 2.35. The van der Waals surface area contributed by atoms with Crippen LogP contribution in [0.4, 0.5) is 0 Å². The molecule has 1 aliphatic rings. The van der Waals surface area contributed by atoms with E-state index in [4.69, 9.17) is 21.1 Å². The number of hydrogen-bond acceptors (Lipinski definition) is 5. The van der Waals surface area contributed by atoms with Crippen molar-refractivity contribution in [3.05, 3.63) is 64.7 Å². The molecule has 1 heterocycles. The van der Waals surface area contributed by atoms with Crippen LogP contribution in [-0.4, -0.2) is 61.9 Å². The van der Waals surface area contributed by atoms with E-state index in [1.165, 1.54) is 17.0 Å². The van der Waals surface area contributed by atoms with E-state index < -0.39 is 0 Å². The zero-order valence-electron chi connectivity index (χ0n) is 17.2. The number of carbonyl (C=O) groups excluding carboxylic acids is 2. The van der Waals surface area contributed by atoms with Gasteiger partial charge in [-0.15, -0.1) is 0 Å². The van der Waals surface area contributed by atoms with Crippen molar-refractivity contribution < 1.29 is 19.1 Å². The molecule has 0 spiro atoms. The van der Waals surface area contributed by atoms with Gasteiger partial charge in [0.2, 0.25) is 5.91 Å². The number of rotatable bonds is 7. The van der Waals surface area contributed by atoms with Crippen LogP contribution < -0.4 is 4.74 Å². The van der Waals surface area contributed by atoms with Gasteiger partial charge in [-0.1, -0.05) is 41.9 Å². The molecule has 2 amide bonds. The minimum absolute atomic E-state index is 0.0873. The summed E-state index contributed by atoms with van der Waals surface area (Å²) in [5, 5.41) is 6.59. The SMILES string of the molecule is COCC(=O)N(C)CC(=O)N1N=C(c2cccc(OC)c2)CC1c1ccccc1Cl. The third kappa shape index (κ3) is 4.80. The first-order valence-corrected chi connectivity index (χ1v) is 9.83. The molecule has 2 aromatic rings. The van der Waals surface area contributed by atoms with E-state index in [1.807, 2.05) is 42.5 Å². The second kappa shape index (κ2) is 9.73. The summed E-state index contributed by atoms with van der Waals surface area (Å²) in [5.41, 5.74) is 2.42. The number of carbonyl (C=O) groups is 2. The van der Waals surface area contributed by atoms with Gasteiger partial charge in [0.25, 0.3) is 5.91 Å². The van der Waals surface area contributed by atoms with Crippen LogP contribution in [0.5, 0.6) is 5.75 Å². The van der Waals surface area contributed by atoms with Crippen molar-refractivity contribution in [3.63, 3.8) is 0 Å². The van der Waals surface area contributed by atoms with Gasteiger partial charge in [-0.3, -0.25) is 9.59 Å². The van der Waals surface area contributed by atoms with Crippen LogP contribution in [0.25, 0.3) is 0 Å². The van der Waals surface area contributed by atoms with Gasteiger partial charge in [0.05, 0.1) is 18.9 Å². The maximum Gasteiger partial charge on any atom is 0.262 e. The Bertz CT molecular complexity index is 963. The summed E-state index contributed by atoms with van der Waals surface area (Å²) in [6.07, 6.45) is 0.498. The summed E-state index contributed by atoms with van der Waals surface area (Å²) in [6.45, 7) is -0.200. The Labute approximate surface area is 180 Å². The van der Waals surface area contributed by atoms with Crippen molar-refractivity contribution in [2.24, 2.45) is 5.10 Å². The summed E-state index contributed by atoms with van der Waals surface area (Å²) >= 11 is 6.42. The lowest BCUT2D eigenvalue weighted by Crippen LogP contribution is -2.40. The van der Waals surface area contributed by atoms with Crippen LogP contribution in [0.3, 0.4) is 0 Å². The molecule has 0 N–H and O–H groups in total. The number of benzene rings is 2. The highest BCUT2D eigenvalue weighted by Crippen LogP contribution is 2.36. The number of nitrogens with zero attached hydrogens (tertiary/aromatic N) is 3. The largest absolute Gasteiger partial charge is 0.497 e. The molecule has 3 rings (SSSR count). The molecule has 0 aliphatic carbocycles. The maximum atomic E-state index is 13.1. The molecule has 0 bridgehead atoms. The highest BCUT2D eigenvalue weighted by atomic mass is 35.5. The summed E-state index contributed by atoms with van der Waals surface area (Å²) < 4.78 is 10.2. The van der Waals surface area contributed by atoms with Gasteiger partial charge in [-0.2, -0.15) is 5.10 Å². The number of hydrazone groups is 1. The van der Waals surface area contributed by atoms with Gasteiger partial charge in [-0.25, -0.2) is 5.01 Å². The van der Waals surface area contributed by atoms with E-state index in [0.717, 1.165) is 16.8 Å². The fraction of sp³-hybridized carbons (Fsp3) is 0.318. The first kappa shape index (κ1) is 21.8. The Balaban J connectivity index is 1.91. The number of ether oxygens (including phenoxy) is 2. The van der Waals surface area contributed by atoms with Crippen LogP contribution in [0.1, 0.15) is 23.6 Å². The third-order valence-corrected chi connectivity index (χ3v) is 5.24. The lowest BCUT2D eigenvalue weighted by Gasteiger charge is -2.25. The second-order valence-corrected chi connectivity index (χ2v) is 7.35. The van der Waals surface area contributed by atoms with Crippen LogP contribution >= 0.6 is 11.6 Å². The zero-order valence-corrected chi connectivity index (χ0v) is 17.9. The van der Waals surface area contributed by atoms with Crippen LogP contribution in [0, 0.1) is 0 Å². The van der Waals surface area contributed by atoms with Gasteiger partial charge in [0, 0.05) is 31.2 Å². The molecule has 1 aliphatic heterocycles. The summed E-state index contributed by atoms with van der Waals surface area (Å²) in [5.74, 6) is 0.125. The van der Waals surface area contributed by atoms with Crippen molar-refractivity contribution in [1.29, 1.82) is 0 Å². The van der Waals surface area contributed by atoms with Crippen molar-refractivity contribution >= 4 is 29.1 Å². The Hall–Kier alpha value is -2.90. The molecule has 0 aromatic heterocycles. The summed E-state index contributed by atoms with van der Waals surface area (Å²) in [7, 11) is 4.60. The minimum atomic E-state index is -0.363. The molecule has 7 nitrogen and oxygen atoms in total. The molecule has 30 heavy (non-hydrogen) atoms. The topological polar surface area (TPSA) is 71.4 Å². The standard InChI is InChI=1S/C22H24ClN3O4/c1-25(22(28)14-29-2)13-21(27)26-20(17-9-4-5-10-18(17)23)12-19(24-26)15-7-6-8-16(11-15)30-3/h4-11,20H,12-14H2,1-3H3. The predicted molar refractivity (Wildman–Crippen MR) is 115 cm³/mol. The number of methoxy groups -OCH3 is 2. The molecule has 0 radical (unpaired) electrons. The molecule has 158 valence electrons. The van der Waals surface area contributed by atoms with Crippen molar-refractivity contribution in [2.45, 2.75) is 12.5 Å². The Kier molecular flexibility index (Phi) is 7.07. The van der Waals surface area contributed by atoms with E-state index in [2.05, 4.69) is 5.10 Å². The number of likely N-dealkylation sites (N-methyl/N-ethyl adjacent to an activating group) is 1. The monoisotopic (exact) mass is 429 g/mol. The smallest absolute Gasteiger partial charge is 0.262 e. The third-order valence-electron chi connectivity index (χ3n) is 4.90. The van der Waals surface area contributed by atoms with Crippen molar-refractivity contribution in [3.8, 4) is 5.75 Å². The van der Waals surface area contributed by atoms with E-state index in [0.29, 0.717) is 17.2 Å². The molecule has 2 aromatic carbocycles. The van der Waals surface area contributed by atoms with E-state index in [-0.39, 0.29) is 31.0 Å². The quantitative estimate of drug-likeness (QED) is 0.678. The molecule has 1 atom stereocenters. The molecular formula is C22H24ClN3O4. The predicted octanol–water partition coefficient (Wildman–Crippen LogP) is 3.13.